The number of esters is 1. The van der Waals surface area contributed by atoms with E-state index >= 15 is 0 Å². The first-order valence-corrected chi connectivity index (χ1v) is 22.0. The van der Waals surface area contributed by atoms with Crippen molar-refractivity contribution in [3.8, 4) is 0 Å². The summed E-state index contributed by atoms with van der Waals surface area (Å²) in [7, 11) is 4.21. The zero-order chi connectivity index (χ0) is 41.0. The number of carbonyl (C=O) groups excluding carboxylic acids is 2. The molecule has 6 rings (SSSR count). The number of aliphatic hydroxyl groups is 1. The van der Waals surface area contributed by atoms with Crippen LogP contribution in [-0.2, 0) is 25.5 Å². The van der Waals surface area contributed by atoms with Crippen LogP contribution >= 0.6 is 0 Å². The monoisotopic (exact) mass is 775 g/mol. The highest BCUT2D eigenvalue weighted by Crippen LogP contribution is 2.73. The normalized spacial score (nSPS) is 34.5. The maximum atomic E-state index is 14.2. The van der Waals surface area contributed by atoms with Crippen LogP contribution in [0.15, 0.2) is 41.5 Å². The van der Waals surface area contributed by atoms with E-state index in [4.69, 9.17) is 4.74 Å². The molecule has 8 heteroatoms. The van der Waals surface area contributed by atoms with Gasteiger partial charge in [-0.15, -0.1) is 0 Å². The Morgan fingerprint density at radius 3 is 2.21 bits per heavy atom. The first kappa shape index (κ1) is 43.0. The number of carbonyl (C=O) groups is 3. The van der Waals surface area contributed by atoms with Crippen molar-refractivity contribution in [1.82, 2.24) is 9.80 Å². The van der Waals surface area contributed by atoms with Crippen molar-refractivity contribution in [2.24, 2.45) is 56.7 Å². The third-order valence-corrected chi connectivity index (χ3v) is 16.5. The van der Waals surface area contributed by atoms with Gasteiger partial charge in [-0.1, -0.05) is 77.4 Å². The number of aliphatic carboxylic acids is 1. The topological polar surface area (TPSA) is 107 Å². The molecule has 312 valence electrons. The van der Waals surface area contributed by atoms with E-state index in [0.717, 1.165) is 83.0 Å². The van der Waals surface area contributed by atoms with Crippen LogP contribution in [0.2, 0.25) is 0 Å². The van der Waals surface area contributed by atoms with E-state index in [1.54, 1.807) is 13.8 Å². The van der Waals surface area contributed by atoms with Crippen LogP contribution < -0.4 is 0 Å². The molecule has 9 atom stereocenters. The average molecular weight is 775 g/mol. The summed E-state index contributed by atoms with van der Waals surface area (Å²) in [6.07, 6.45) is 8.45. The zero-order valence-electron chi connectivity index (χ0n) is 36.5. The molecule has 4 fully saturated rings. The Hall–Kier alpha value is -2.55. The average Bonchev–Trinajstić information content (AvgIpc) is 3.44. The molecule has 1 aromatic carbocycles. The number of hydrogen-bond acceptors (Lipinski definition) is 7. The highest BCUT2D eigenvalue weighted by molar-refractivity contribution is 6.00. The number of nitrogens with zero attached hydrogens (tertiary/aromatic N) is 2. The Balaban J connectivity index is 1.24. The van der Waals surface area contributed by atoms with Gasteiger partial charge >= 0.3 is 11.9 Å². The van der Waals surface area contributed by atoms with Crippen LogP contribution in [0.5, 0.6) is 0 Å². The first-order valence-electron chi connectivity index (χ1n) is 22.0. The standard InChI is InChI=1S/C48H74N2O6/c1-31(2)41-35(51)28-48(38(52)30-50(27-26-49(9)10)25-21-32-14-12-11-13-15-32)24-18-34-33(42(41)48)16-17-37-46(34,7)22-19-36-45(5,6)39(20-23-47(36,37)8)56-40(53)29-44(3,4)43(54)55/h11-15,31,33-34,36-39,52H,16-30H2,1-10H3,(H,54,55). The predicted molar refractivity (Wildman–Crippen MR) is 222 cm³/mol. The molecule has 5 aliphatic carbocycles. The molecule has 56 heavy (non-hydrogen) atoms. The van der Waals surface area contributed by atoms with Crippen LogP contribution in [0, 0.1) is 56.7 Å². The van der Waals surface area contributed by atoms with Crippen LogP contribution in [0.1, 0.15) is 125 Å². The van der Waals surface area contributed by atoms with Gasteiger partial charge in [0.05, 0.1) is 17.9 Å². The molecule has 0 amide bonds. The third-order valence-electron chi connectivity index (χ3n) is 16.5. The van der Waals surface area contributed by atoms with E-state index in [1.165, 1.54) is 11.1 Å². The fourth-order valence-corrected chi connectivity index (χ4v) is 13.6. The Labute approximate surface area is 338 Å². The summed E-state index contributed by atoms with van der Waals surface area (Å²) in [4.78, 5) is 43.8. The molecule has 9 unspecified atom stereocenters. The molecule has 0 saturated heterocycles. The smallest absolute Gasteiger partial charge is 0.309 e. The molecule has 4 saturated carbocycles. The number of hydrogen-bond donors (Lipinski definition) is 2. The minimum Gasteiger partial charge on any atom is -0.481 e. The van der Waals surface area contributed by atoms with Gasteiger partial charge in [-0.2, -0.15) is 0 Å². The van der Waals surface area contributed by atoms with E-state index in [9.17, 15) is 24.6 Å². The number of ether oxygens (including phenoxy) is 1. The van der Waals surface area contributed by atoms with Gasteiger partial charge in [0, 0.05) is 43.4 Å². The number of ketones is 1. The number of carboxylic acid groups (broad SMARTS) is 1. The van der Waals surface area contributed by atoms with Crippen LogP contribution in [0.25, 0.3) is 0 Å². The molecule has 0 radical (unpaired) electrons. The molecule has 0 spiro atoms. The van der Waals surface area contributed by atoms with Gasteiger partial charge in [-0.05, 0) is 137 Å². The lowest BCUT2D eigenvalue weighted by atomic mass is 9.36. The van der Waals surface area contributed by atoms with Gasteiger partial charge in [0.2, 0.25) is 0 Å². The Kier molecular flexibility index (Phi) is 12.2. The van der Waals surface area contributed by atoms with Crippen molar-refractivity contribution >= 4 is 17.7 Å². The van der Waals surface area contributed by atoms with Crippen molar-refractivity contribution in [2.75, 3.05) is 40.3 Å². The molecule has 0 heterocycles. The maximum absolute atomic E-state index is 14.2. The molecule has 0 aromatic heterocycles. The number of rotatable bonds is 14. The fourth-order valence-electron chi connectivity index (χ4n) is 13.6. The molecular weight excluding hydrogens is 701 g/mol. The van der Waals surface area contributed by atoms with Crippen molar-refractivity contribution in [3.63, 3.8) is 0 Å². The summed E-state index contributed by atoms with van der Waals surface area (Å²) in [5.41, 5.74) is 1.99. The third kappa shape index (κ3) is 7.70. The lowest BCUT2D eigenvalue weighted by molar-refractivity contribution is -0.214. The van der Waals surface area contributed by atoms with Crippen molar-refractivity contribution < 1.29 is 29.3 Å². The summed E-state index contributed by atoms with van der Waals surface area (Å²) in [6, 6.07) is 10.6. The number of aliphatic hydroxyl groups excluding tert-OH is 1. The van der Waals surface area contributed by atoms with E-state index < -0.39 is 28.9 Å². The largest absolute Gasteiger partial charge is 0.481 e. The van der Waals surface area contributed by atoms with E-state index in [1.807, 2.05) is 0 Å². The van der Waals surface area contributed by atoms with Gasteiger partial charge in [0.25, 0.3) is 0 Å². The van der Waals surface area contributed by atoms with E-state index in [0.29, 0.717) is 36.6 Å². The van der Waals surface area contributed by atoms with Gasteiger partial charge in [0.1, 0.15) is 6.10 Å². The molecule has 0 bridgehead atoms. The maximum Gasteiger partial charge on any atom is 0.309 e. The predicted octanol–water partition coefficient (Wildman–Crippen LogP) is 8.46. The Morgan fingerprint density at radius 2 is 1.57 bits per heavy atom. The lowest BCUT2D eigenvalue weighted by Gasteiger charge is -2.69. The Morgan fingerprint density at radius 1 is 0.893 bits per heavy atom. The first-order chi connectivity index (χ1) is 26.2. The Bertz CT molecular complexity index is 1650. The van der Waals surface area contributed by atoms with Crippen molar-refractivity contribution in [3.05, 3.63) is 47.0 Å². The minimum atomic E-state index is -1.16. The fraction of sp³-hybridized carbons (Fsp3) is 0.771. The van der Waals surface area contributed by atoms with Crippen LogP contribution in [-0.4, -0.2) is 90.2 Å². The zero-order valence-corrected chi connectivity index (χ0v) is 36.5. The molecule has 1 aromatic rings. The number of carboxylic acids is 1. The quantitative estimate of drug-likeness (QED) is 0.182. The van der Waals surface area contributed by atoms with Crippen molar-refractivity contribution in [2.45, 2.75) is 138 Å². The van der Waals surface area contributed by atoms with Gasteiger partial charge < -0.3 is 19.8 Å². The second-order valence-corrected chi connectivity index (χ2v) is 21.3. The minimum absolute atomic E-state index is 0.0885. The van der Waals surface area contributed by atoms with Gasteiger partial charge in [-0.3, -0.25) is 19.3 Å². The van der Waals surface area contributed by atoms with Gasteiger partial charge in [0.15, 0.2) is 5.78 Å². The summed E-state index contributed by atoms with van der Waals surface area (Å²) in [5, 5.41) is 22.2. The highest BCUT2D eigenvalue weighted by Gasteiger charge is 2.67. The SMILES string of the molecule is CC(C)C1=C2C3CCC4C(C)(CCC5C(C)(C)C(OC(=O)CC(C)(C)C(=O)O)CCC54C)C3CCC2(C(O)CN(CCc2ccccc2)CCN(C)C)CC1=O. The number of benzene rings is 1. The van der Waals surface area contributed by atoms with E-state index in [-0.39, 0.29) is 40.5 Å². The molecule has 0 aliphatic heterocycles. The number of fused-ring (bicyclic) bond motifs is 7. The molecule has 5 aliphatic rings. The van der Waals surface area contributed by atoms with Gasteiger partial charge in [-0.25, -0.2) is 0 Å². The summed E-state index contributed by atoms with van der Waals surface area (Å²) in [6.45, 7) is 20.5. The number of allylic oxidation sites excluding steroid dienone is 1. The molecule has 8 nitrogen and oxygen atoms in total. The molecular formula is C48H74N2O6. The number of likely N-dealkylation sites (N-methyl/N-ethyl adjacent to an activating group) is 1. The van der Waals surface area contributed by atoms with E-state index in [2.05, 4.69) is 95.8 Å². The number of Topliss-reactive ketones (excluding diaryl/α,β-unsaturated/α-hetero) is 1. The second-order valence-electron chi connectivity index (χ2n) is 21.3. The summed E-state index contributed by atoms with van der Waals surface area (Å²) in [5.74, 6) is 0.686. The van der Waals surface area contributed by atoms with Crippen LogP contribution in [0.3, 0.4) is 0 Å². The second kappa shape index (κ2) is 15.9. The molecule has 2 N–H and O–H groups in total. The van der Waals surface area contributed by atoms with Crippen LogP contribution in [0.4, 0.5) is 0 Å². The van der Waals surface area contributed by atoms with Crippen molar-refractivity contribution in [1.29, 1.82) is 0 Å². The summed E-state index contributed by atoms with van der Waals surface area (Å²) < 4.78 is 6.18. The lowest BCUT2D eigenvalue weighted by Crippen LogP contribution is -2.63. The summed E-state index contributed by atoms with van der Waals surface area (Å²) >= 11 is 0. The highest BCUT2D eigenvalue weighted by atomic mass is 16.5.